The molecule has 3 N–H and O–H groups in total. The molecule has 0 saturated carbocycles. The van der Waals surface area contributed by atoms with Crippen molar-refractivity contribution in [1.82, 2.24) is 9.97 Å². The van der Waals surface area contributed by atoms with Crippen LogP contribution in [0.15, 0.2) is 30.6 Å². The van der Waals surface area contributed by atoms with Crippen molar-refractivity contribution in [3.63, 3.8) is 0 Å². The Kier molecular flexibility index (Phi) is 3.39. The molecule has 0 aliphatic carbocycles. The van der Waals surface area contributed by atoms with E-state index in [0.717, 1.165) is 11.4 Å². The molecule has 4 nitrogen and oxygen atoms in total. The molecule has 90 valence electrons. The number of methoxy groups -OCH3 is 1. The number of ether oxygens (including phenoxy) is 1. The molecular weight excluding hydrogens is 221 g/mol. The van der Waals surface area contributed by atoms with Gasteiger partial charge in [-0.05, 0) is 17.7 Å². The van der Waals surface area contributed by atoms with Crippen LogP contribution in [0.4, 0.5) is 4.39 Å². The third-order valence-electron chi connectivity index (χ3n) is 2.57. The topological polar surface area (TPSA) is 63.9 Å². The summed E-state index contributed by atoms with van der Waals surface area (Å²) >= 11 is 0. The Morgan fingerprint density at radius 3 is 2.94 bits per heavy atom. The van der Waals surface area contributed by atoms with Gasteiger partial charge in [0.15, 0.2) is 11.6 Å². The van der Waals surface area contributed by atoms with Crippen molar-refractivity contribution >= 4 is 0 Å². The van der Waals surface area contributed by atoms with Crippen molar-refractivity contribution in [3.8, 4) is 5.75 Å². The highest BCUT2D eigenvalue weighted by atomic mass is 19.1. The van der Waals surface area contributed by atoms with Gasteiger partial charge >= 0.3 is 0 Å². The SMILES string of the molecule is COc1ccc(C(N)Cc2ncc[nH]2)cc1F. The molecular formula is C12H14FN3O. The number of H-pyrrole nitrogens is 1. The molecule has 0 bridgehead atoms. The first-order chi connectivity index (χ1) is 8.20. The zero-order valence-corrected chi connectivity index (χ0v) is 9.48. The Bertz CT molecular complexity index is 485. The zero-order valence-electron chi connectivity index (χ0n) is 9.48. The minimum Gasteiger partial charge on any atom is -0.494 e. The van der Waals surface area contributed by atoms with Crippen LogP contribution in [0.1, 0.15) is 17.4 Å². The maximum absolute atomic E-state index is 13.5. The number of hydrogen-bond acceptors (Lipinski definition) is 3. The Morgan fingerprint density at radius 2 is 2.35 bits per heavy atom. The van der Waals surface area contributed by atoms with E-state index in [1.165, 1.54) is 13.2 Å². The molecule has 0 spiro atoms. The normalized spacial score (nSPS) is 12.4. The second-order valence-electron chi connectivity index (χ2n) is 3.74. The number of nitrogens with two attached hydrogens (primary N) is 1. The molecule has 0 aliphatic rings. The van der Waals surface area contributed by atoms with Crippen LogP contribution < -0.4 is 10.5 Å². The van der Waals surface area contributed by atoms with Crippen molar-refractivity contribution in [1.29, 1.82) is 0 Å². The number of nitrogens with zero attached hydrogens (tertiary/aromatic N) is 1. The quantitative estimate of drug-likeness (QED) is 0.849. The summed E-state index contributed by atoms with van der Waals surface area (Å²) in [5.41, 5.74) is 6.70. The van der Waals surface area contributed by atoms with Gasteiger partial charge in [0, 0.05) is 24.9 Å². The summed E-state index contributed by atoms with van der Waals surface area (Å²) in [5, 5.41) is 0. The summed E-state index contributed by atoms with van der Waals surface area (Å²) in [6.07, 6.45) is 3.94. The number of halogens is 1. The molecule has 0 fully saturated rings. The summed E-state index contributed by atoms with van der Waals surface area (Å²) < 4.78 is 18.3. The summed E-state index contributed by atoms with van der Waals surface area (Å²) in [5.74, 6) is 0.604. The third-order valence-corrected chi connectivity index (χ3v) is 2.57. The van der Waals surface area contributed by atoms with E-state index < -0.39 is 5.82 Å². The van der Waals surface area contributed by atoms with Gasteiger partial charge in [-0.2, -0.15) is 0 Å². The van der Waals surface area contributed by atoms with Gasteiger partial charge < -0.3 is 15.5 Å². The van der Waals surface area contributed by atoms with Crippen LogP contribution in [0.3, 0.4) is 0 Å². The zero-order chi connectivity index (χ0) is 12.3. The van der Waals surface area contributed by atoms with E-state index in [1.54, 1.807) is 24.5 Å². The fraction of sp³-hybridized carbons (Fsp3) is 0.250. The molecule has 5 heteroatoms. The first kappa shape index (κ1) is 11.6. The Labute approximate surface area is 98.6 Å². The van der Waals surface area contributed by atoms with Crippen LogP contribution in [0.25, 0.3) is 0 Å². The van der Waals surface area contributed by atoms with Crippen molar-refractivity contribution in [3.05, 3.63) is 47.8 Å². The van der Waals surface area contributed by atoms with E-state index in [1.807, 2.05) is 0 Å². The van der Waals surface area contributed by atoms with Crippen molar-refractivity contribution in [2.24, 2.45) is 5.73 Å². The van der Waals surface area contributed by atoms with Gasteiger partial charge in [-0.25, -0.2) is 9.37 Å². The van der Waals surface area contributed by atoms with E-state index >= 15 is 0 Å². The molecule has 0 amide bonds. The first-order valence-corrected chi connectivity index (χ1v) is 5.28. The van der Waals surface area contributed by atoms with Gasteiger partial charge in [0.2, 0.25) is 0 Å². The monoisotopic (exact) mass is 235 g/mol. The molecule has 1 aromatic carbocycles. The van der Waals surface area contributed by atoms with E-state index in [0.29, 0.717) is 6.42 Å². The summed E-state index contributed by atoms with van der Waals surface area (Å²) in [6, 6.07) is 4.44. The van der Waals surface area contributed by atoms with Crippen LogP contribution in [-0.2, 0) is 6.42 Å². The lowest BCUT2D eigenvalue weighted by atomic mass is 10.0. The van der Waals surface area contributed by atoms with Crippen molar-refractivity contribution in [2.45, 2.75) is 12.5 Å². The number of aromatic nitrogens is 2. The number of hydrogen-bond donors (Lipinski definition) is 2. The van der Waals surface area contributed by atoms with Crippen molar-refractivity contribution < 1.29 is 9.13 Å². The number of nitrogens with one attached hydrogen (secondary N) is 1. The van der Waals surface area contributed by atoms with E-state index in [4.69, 9.17) is 10.5 Å². The lowest BCUT2D eigenvalue weighted by Gasteiger charge is -2.11. The fourth-order valence-corrected chi connectivity index (χ4v) is 1.65. The van der Waals surface area contributed by atoms with Gasteiger partial charge in [-0.1, -0.05) is 6.07 Å². The minimum absolute atomic E-state index is 0.221. The van der Waals surface area contributed by atoms with Gasteiger partial charge in [-0.15, -0.1) is 0 Å². The standard InChI is InChI=1S/C12H14FN3O/c1-17-11-3-2-8(6-9(11)13)10(14)7-12-15-4-5-16-12/h2-6,10H,7,14H2,1H3,(H,15,16). The van der Waals surface area contributed by atoms with E-state index in [9.17, 15) is 4.39 Å². The van der Waals surface area contributed by atoms with Crippen molar-refractivity contribution in [2.75, 3.05) is 7.11 Å². The molecule has 0 radical (unpaired) electrons. The Balaban J connectivity index is 2.14. The fourth-order valence-electron chi connectivity index (χ4n) is 1.65. The molecule has 1 atom stereocenters. The number of aromatic amines is 1. The number of rotatable bonds is 4. The van der Waals surface area contributed by atoms with Crippen LogP contribution in [-0.4, -0.2) is 17.1 Å². The van der Waals surface area contributed by atoms with Gasteiger partial charge in [0.25, 0.3) is 0 Å². The molecule has 0 aliphatic heterocycles. The Morgan fingerprint density at radius 1 is 1.53 bits per heavy atom. The predicted octanol–water partition coefficient (Wildman–Crippen LogP) is 1.80. The minimum atomic E-state index is -0.403. The average molecular weight is 235 g/mol. The first-order valence-electron chi connectivity index (χ1n) is 5.28. The van der Waals surface area contributed by atoms with E-state index in [-0.39, 0.29) is 11.8 Å². The maximum Gasteiger partial charge on any atom is 0.165 e. The second-order valence-corrected chi connectivity index (χ2v) is 3.74. The van der Waals surface area contributed by atoms with Crippen LogP contribution in [0.5, 0.6) is 5.75 Å². The average Bonchev–Trinajstić information content (AvgIpc) is 2.81. The number of benzene rings is 1. The maximum atomic E-state index is 13.5. The predicted molar refractivity (Wildman–Crippen MR) is 62.2 cm³/mol. The van der Waals surface area contributed by atoms with Gasteiger partial charge in [0.05, 0.1) is 7.11 Å². The van der Waals surface area contributed by atoms with Crippen LogP contribution in [0, 0.1) is 5.82 Å². The molecule has 1 aromatic heterocycles. The summed E-state index contributed by atoms with van der Waals surface area (Å²) in [6.45, 7) is 0. The lowest BCUT2D eigenvalue weighted by molar-refractivity contribution is 0.386. The Hall–Kier alpha value is -1.88. The smallest absolute Gasteiger partial charge is 0.165 e. The van der Waals surface area contributed by atoms with Crippen LogP contribution >= 0.6 is 0 Å². The molecule has 1 heterocycles. The summed E-state index contributed by atoms with van der Waals surface area (Å²) in [7, 11) is 1.43. The summed E-state index contributed by atoms with van der Waals surface area (Å²) in [4.78, 5) is 7.05. The second kappa shape index (κ2) is 4.97. The molecule has 2 rings (SSSR count). The highest BCUT2D eigenvalue weighted by Crippen LogP contribution is 2.22. The largest absolute Gasteiger partial charge is 0.494 e. The molecule has 17 heavy (non-hydrogen) atoms. The lowest BCUT2D eigenvalue weighted by Crippen LogP contribution is -2.14. The number of imidazole rings is 1. The molecule has 1 unspecified atom stereocenters. The van der Waals surface area contributed by atoms with E-state index in [2.05, 4.69) is 9.97 Å². The highest BCUT2D eigenvalue weighted by Gasteiger charge is 2.11. The third kappa shape index (κ3) is 2.62. The highest BCUT2D eigenvalue weighted by molar-refractivity contribution is 5.31. The van der Waals surface area contributed by atoms with Gasteiger partial charge in [0.1, 0.15) is 5.82 Å². The van der Waals surface area contributed by atoms with Gasteiger partial charge in [-0.3, -0.25) is 0 Å². The molecule has 0 saturated heterocycles. The van der Waals surface area contributed by atoms with Crippen LogP contribution in [0.2, 0.25) is 0 Å². The molecule has 2 aromatic rings.